The van der Waals surface area contributed by atoms with Gasteiger partial charge in [0.2, 0.25) is 0 Å². The largest absolute Gasteiger partial charge is 0.381 e. The Morgan fingerprint density at radius 1 is 0.955 bits per heavy atom. The summed E-state index contributed by atoms with van der Waals surface area (Å²) in [5.41, 5.74) is 0. The summed E-state index contributed by atoms with van der Waals surface area (Å²) in [5.74, 6) is 0.814. The first-order chi connectivity index (χ1) is 10.2. The molecule has 0 radical (unpaired) electrons. The second kappa shape index (κ2) is 17.1. The Bertz CT molecular complexity index is 240. The number of ether oxygens (including phenoxy) is 1. The minimum absolute atomic E-state index is 0. The van der Waals surface area contributed by atoms with E-state index in [1.807, 2.05) is 20.1 Å². The van der Waals surface area contributed by atoms with Gasteiger partial charge < -0.3 is 4.74 Å². The fraction of sp³-hybridized carbons (Fsp3) is 0.800. The number of hydrogen-bond donors (Lipinski definition) is 1. The number of methoxy groups -OCH3 is 1. The Morgan fingerprint density at radius 3 is 1.68 bits per heavy atom. The second-order valence-corrected chi connectivity index (χ2v) is 6.62. The summed E-state index contributed by atoms with van der Waals surface area (Å²) in [5, 5.41) is 0.445. The highest BCUT2D eigenvalue weighted by Crippen LogP contribution is 2.29. The Kier molecular flexibility index (Phi) is 18.7. The smallest absolute Gasteiger partial charge is 0.0571 e. The van der Waals surface area contributed by atoms with Crippen molar-refractivity contribution < 1.29 is 4.74 Å². The molecule has 0 bridgehead atoms. The van der Waals surface area contributed by atoms with Crippen LogP contribution >= 0.6 is 12.6 Å². The van der Waals surface area contributed by atoms with Crippen LogP contribution in [0.2, 0.25) is 0 Å². The van der Waals surface area contributed by atoms with Crippen molar-refractivity contribution in [1.29, 1.82) is 0 Å². The lowest BCUT2D eigenvalue weighted by atomic mass is 9.87. The molecule has 2 saturated carbocycles. The zero-order valence-corrected chi connectivity index (χ0v) is 15.1. The van der Waals surface area contributed by atoms with Crippen LogP contribution in [0.25, 0.3) is 0 Å². The van der Waals surface area contributed by atoms with E-state index in [-0.39, 0.29) is 7.43 Å². The van der Waals surface area contributed by atoms with Gasteiger partial charge in [0.05, 0.1) is 6.10 Å². The molecule has 132 valence electrons. The van der Waals surface area contributed by atoms with Gasteiger partial charge in [0.25, 0.3) is 0 Å². The predicted octanol–water partition coefficient (Wildman–Crippen LogP) is 6.85. The third-order valence-electron chi connectivity index (χ3n) is 4.26. The second-order valence-electron chi connectivity index (χ2n) is 6.03. The summed E-state index contributed by atoms with van der Waals surface area (Å²) < 4.78 is 5.19. The molecular weight excluding hydrogens is 288 g/mol. The minimum atomic E-state index is 0. The summed E-state index contributed by atoms with van der Waals surface area (Å²) in [4.78, 5) is 0. The van der Waals surface area contributed by atoms with E-state index in [1.165, 1.54) is 64.2 Å². The molecule has 22 heavy (non-hydrogen) atoms. The van der Waals surface area contributed by atoms with E-state index in [2.05, 4.69) is 25.8 Å². The van der Waals surface area contributed by atoms with Crippen molar-refractivity contribution in [1.82, 2.24) is 0 Å². The lowest BCUT2D eigenvalue weighted by Crippen LogP contribution is -2.15. The minimum Gasteiger partial charge on any atom is -0.381 e. The van der Waals surface area contributed by atoms with E-state index in [0.717, 1.165) is 5.92 Å². The van der Waals surface area contributed by atoms with Crippen molar-refractivity contribution >= 4 is 12.6 Å². The fourth-order valence-electron chi connectivity index (χ4n) is 2.97. The molecule has 2 heteroatoms. The first-order valence-corrected chi connectivity index (χ1v) is 9.11. The molecule has 0 spiro atoms. The molecule has 1 atom stereocenters. The van der Waals surface area contributed by atoms with Gasteiger partial charge in [-0.1, -0.05) is 58.1 Å². The van der Waals surface area contributed by atoms with E-state index >= 15 is 0 Å². The fourth-order valence-corrected chi connectivity index (χ4v) is 3.27. The standard InChI is InChI=1S/C9H16S.C7H14O.C3H6.CH4/c1-2-9(10)8-6-4-3-5-7-8;1-8-7-5-3-2-4-6-7;1-3-2;/h2,8-10H,1,3-7H2;7H,2-6H2,1H3;3H,1H2,2H3;1H4. The van der Waals surface area contributed by atoms with E-state index < -0.39 is 0 Å². The zero-order valence-electron chi connectivity index (χ0n) is 14.2. The SMILES string of the molecule is C.C=CC.C=CC(S)C1CCCCC1.COC1CCCCC1. The number of allylic oxidation sites excluding steroid dienone is 1. The molecule has 2 rings (SSSR count). The molecule has 0 aromatic rings. The van der Waals surface area contributed by atoms with Crippen LogP contribution in [0, 0.1) is 5.92 Å². The third kappa shape index (κ3) is 12.3. The first-order valence-electron chi connectivity index (χ1n) is 8.60. The van der Waals surface area contributed by atoms with Gasteiger partial charge in [-0.05, 0) is 38.5 Å². The molecule has 1 nitrogen and oxygen atoms in total. The van der Waals surface area contributed by atoms with E-state index in [0.29, 0.717) is 11.4 Å². The van der Waals surface area contributed by atoms with Crippen LogP contribution < -0.4 is 0 Å². The molecule has 0 amide bonds. The summed E-state index contributed by atoms with van der Waals surface area (Å²) in [7, 11) is 1.82. The van der Waals surface area contributed by atoms with Crippen molar-refractivity contribution in [3.8, 4) is 0 Å². The summed E-state index contributed by atoms with van der Waals surface area (Å²) in [6.07, 6.45) is 18.0. The number of hydrogen-bond acceptors (Lipinski definition) is 2. The van der Waals surface area contributed by atoms with E-state index in [1.54, 1.807) is 6.08 Å². The quantitative estimate of drug-likeness (QED) is 0.440. The molecular formula is C20H40OS. The molecule has 0 aliphatic heterocycles. The van der Waals surface area contributed by atoms with Crippen LogP contribution in [-0.4, -0.2) is 18.5 Å². The lowest BCUT2D eigenvalue weighted by molar-refractivity contribution is 0.0710. The third-order valence-corrected chi connectivity index (χ3v) is 4.89. The topological polar surface area (TPSA) is 9.23 Å². The molecule has 0 aromatic carbocycles. The Balaban J connectivity index is 0. The number of thiol groups is 1. The maximum absolute atomic E-state index is 5.19. The molecule has 0 N–H and O–H groups in total. The van der Waals surface area contributed by atoms with Crippen molar-refractivity contribution in [3.63, 3.8) is 0 Å². The van der Waals surface area contributed by atoms with Crippen LogP contribution in [0.1, 0.15) is 78.6 Å². The molecule has 2 aliphatic rings. The van der Waals surface area contributed by atoms with Crippen LogP contribution in [0.4, 0.5) is 0 Å². The van der Waals surface area contributed by atoms with Crippen molar-refractivity contribution in [2.45, 2.75) is 89.9 Å². The van der Waals surface area contributed by atoms with Crippen LogP contribution in [-0.2, 0) is 4.74 Å². The first kappa shape index (κ1) is 24.0. The molecule has 2 aliphatic carbocycles. The predicted molar refractivity (Wildman–Crippen MR) is 106 cm³/mol. The molecule has 1 unspecified atom stereocenters. The van der Waals surface area contributed by atoms with Gasteiger partial charge in [-0.25, -0.2) is 0 Å². The maximum Gasteiger partial charge on any atom is 0.0571 e. The number of rotatable bonds is 3. The van der Waals surface area contributed by atoms with Crippen molar-refractivity contribution in [2.24, 2.45) is 5.92 Å². The summed E-state index contributed by atoms with van der Waals surface area (Å²) in [6, 6.07) is 0. The summed E-state index contributed by atoms with van der Waals surface area (Å²) >= 11 is 4.45. The highest BCUT2D eigenvalue weighted by Gasteiger charge is 2.17. The highest BCUT2D eigenvalue weighted by molar-refractivity contribution is 7.81. The Hall–Kier alpha value is -0.210. The molecule has 0 saturated heterocycles. The average Bonchev–Trinajstić information content (AvgIpc) is 2.57. The normalized spacial score (nSPS) is 20.1. The molecule has 2 fully saturated rings. The lowest BCUT2D eigenvalue weighted by Gasteiger charge is -2.24. The van der Waals surface area contributed by atoms with Crippen LogP contribution in [0.15, 0.2) is 25.3 Å². The van der Waals surface area contributed by atoms with Crippen molar-refractivity contribution in [3.05, 3.63) is 25.3 Å². The van der Waals surface area contributed by atoms with Crippen molar-refractivity contribution in [2.75, 3.05) is 7.11 Å². The van der Waals surface area contributed by atoms with Crippen LogP contribution in [0.5, 0.6) is 0 Å². The average molecular weight is 329 g/mol. The van der Waals surface area contributed by atoms with Gasteiger partial charge in [-0.3, -0.25) is 0 Å². The van der Waals surface area contributed by atoms with Gasteiger partial charge >= 0.3 is 0 Å². The Morgan fingerprint density at radius 2 is 1.36 bits per heavy atom. The molecule has 0 aromatic heterocycles. The zero-order chi connectivity index (χ0) is 15.9. The van der Waals surface area contributed by atoms with Gasteiger partial charge in [0, 0.05) is 12.4 Å². The van der Waals surface area contributed by atoms with E-state index in [9.17, 15) is 0 Å². The van der Waals surface area contributed by atoms with E-state index in [4.69, 9.17) is 4.74 Å². The highest BCUT2D eigenvalue weighted by atomic mass is 32.1. The maximum atomic E-state index is 5.19. The summed E-state index contributed by atoms with van der Waals surface area (Å²) in [6.45, 7) is 9.01. The Labute approximate surface area is 146 Å². The van der Waals surface area contributed by atoms with Crippen LogP contribution in [0.3, 0.4) is 0 Å². The monoisotopic (exact) mass is 328 g/mol. The van der Waals surface area contributed by atoms with Gasteiger partial charge in [-0.2, -0.15) is 12.6 Å². The van der Waals surface area contributed by atoms with Gasteiger partial charge in [0.1, 0.15) is 0 Å². The molecule has 0 heterocycles. The van der Waals surface area contributed by atoms with Gasteiger partial charge in [0.15, 0.2) is 0 Å². The van der Waals surface area contributed by atoms with Gasteiger partial charge in [-0.15, -0.1) is 13.2 Å².